The molecular weight excluding hydrogens is 485 g/mol. The third-order valence-corrected chi connectivity index (χ3v) is 1.79. The van der Waals surface area contributed by atoms with Crippen LogP contribution in [0.25, 0.3) is 0 Å². The van der Waals surface area contributed by atoms with Crippen molar-refractivity contribution in [3.63, 3.8) is 0 Å². The van der Waals surface area contributed by atoms with Crippen molar-refractivity contribution in [1.82, 2.24) is 0 Å². The standard InChI is InChI=1S/C6H8S.I3/c1-5-3-4-6(2)7-5;1-3-2/h3-4H,1-2H3;/q;-1. The summed E-state index contributed by atoms with van der Waals surface area (Å²) < 4.78 is 0. The van der Waals surface area contributed by atoms with E-state index in [1.54, 1.807) is 0 Å². The van der Waals surface area contributed by atoms with Gasteiger partial charge in [0.1, 0.15) is 0 Å². The van der Waals surface area contributed by atoms with Crippen molar-refractivity contribution in [2.45, 2.75) is 13.8 Å². The van der Waals surface area contributed by atoms with E-state index in [-0.39, 0.29) is 0 Å². The van der Waals surface area contributed by atoms with Crippen molar-refractivity contribution >= 4 is 48.6 Å². The van der Waals surface area contributed by atoms with Gasteiger partial charge in [0.2, 0.25) is 0 Å². The Kier molecular flexibility index (Phi) is 8.96. The Morgan fingerprint density at radius 1 is 1.20 bits per heavy atom. The maximum absolute atomic E-state index is 2.39. The number of rotatable bonds is 0. The number of halogens is 3. The molecule has 0 aromatic carbocycles. The summed E-state index contributed by atoms with van der Waals surface area (Å²) in [6.07, 6.45) is 0. The van der Waals surface area contributed by atoms with E-state index in [0.717, 1.165) is 0 Å². The normalized spacial score (nSPS) is 8.80. The first-order chi connectivity index (χ1) is 4.70. The van der Waals surface area contributed by atoms with E-state index >= 15 is 0 Å². The Balaban J connectivity index is 0.000000236. The van der Waals surface area contributed by atoms with Gasteiger partial charge in [0.05, 0.1) is 0 Å². The quantitative estimate of drug-likeness (QED) is 0.477. The molecule has 0 aliphatic heterocycles. The summed E-state index contributed by atoms with van der Waals surface area (Å²) >= 11 is 7.14. The van der Waals surface area contributed by atoms with Gasteiger partial charge < -0.3 is 0 Å². The van der Waals surface area contributed by atoms with E-state index in [2.05, 4.69) is 63.2 Å². The minimum atomic E-state index is 0.530. The van der Waals surface area contributed by atoms with E-state index in [1.165, 1.54) is 9.75 Å². The monoisotopic (exact) mass is 493 g/mol. The number of hydrogen-bond acceptors (Lipinski definition) is 1. The fourth-order valence-electron chi connectivity index (χ4n) is 0.557. The average molecular weight is 493 g/mol. The Labute approximate surface area is 95.8 Å². The molecule has 0 aliphatic carbocycles. The third-order valence-electron chi connectivity index (χ3n) is 0.875. The molecular formula is C6H8I3S-. The molecule has 1 aromatic heterocycles. The summed E-state index contributed by atoms with van der Waals surface area (Å²) in [4.78, 5) is 2.80. The SMILES string of the molecule is Cc1ccc(C)s1.I[I-]I. The molecule has 0 radical (unpaired) electrons. The molecule has 0 bridgehead atoms. The molecule has 0 unspecified atom stereocenters. The maximum atomic E-state index is 2.39. The second kappa shape index (κ2) is 7.53. The Bertz CT molecular complexity index is 157. The van der Waals surface area contributed by atoms with Crippen molar-refractivity contribution in [2.24, 2.45) is 0 Å². The molecule has 0 amide bonds. The van der Waals surface area contributed by atoms with Crippen LogP contribution in [0.15, 0.2) is 12.1 Å². The topological polar surface area (TPSA) is 0 Å². The van der Waals surface area contributed by atoms with Gasteiger partial charge in [-0.3, -0.25) is 0 Å². The van der Waals surface area contributed by atoms with Gasteiger partial charge in [-0.25, -0.2) is 0 Å². The van der Waals surface area contributed by atoms with Crippen molar-refractivity contribution in [1.29, 1.82) is 0 Å². The Morgan fingerprint density at radius 2 is 1.50 bits per heavy atom. The summed E-state index contributed by atoms with van der Waals surface area (Å²) in [5.74, 6) is 0. The van der Waals surface area contributed by atoms with Gasteiger partial charge >= 0.3 is 50.5 Å². The van der Waals surface area contributed by atoms with Crippen LogP contribution in [-0.2, 0) is 0 Å². The first-order valence-corrected chi connectivity index (χ1v) is 16.0. The number of hydrogen-bond donors (Lipinski definition) is 0. The van der Waals surface area contributed by atoms with Crippen LogP contribution in [0.5, 0.6) is 0 Å². The first-order valence-electron chi connectivity index (χ1n) is 2.60. The molecule has 0 atom stereocenters. The third kappa shape index (κ3) is 6.59. The molecule has 4 heteroatoms. The molecule has 0 spiro atoms. The summed E-state index contributed by atoms with van der Waals surface area (Å²) in [5, 5.41) is 0. The Morgan fingerprint density at radius 3 is 1.60 bits per heavy atom. The Hall–Kier alpha value is 1.89. The summed E-state index contributed by atoms with van der Waals surface area (Å²) in [5.41, 5.74) is 0. The first kappa shape index (κ1) is 11.9. The van der Waals surface area contributed by atoms with Crippen molar-refractivity contribution in [3.05, 3.63) is 21.9 Å². The van der Waals surface area contributed by atoms with Crippen LogP contribution in [-0.4, -0.2) is 0 Å². The molecule has 10 heavy (non-hydrogen) atoms. The fraction of sp³-hybridized carbons (Fsp3) is 0.333. The molecule has 1 rings (SSSR count). The summed E-state index contributed by atoms with van der Waals surface area (Å²) in [7, 11) is 0. The summed E-state index contributed by atoms with van der Waals surface area (Å²) in [6, 6.07) is 4.28. The van der Waals surface area contributed by atoms with Gasteiger partial charge in [-0.05, 0) is 26.0 Å². The molecule has 1 aromatic rings. The molecule has 0 saturated heterocycles. The van der Waals surface area contributed by atoms with Gasteiger partial charge in [-0.2, -0.15) is 0 Å². The number of thiophene rings is 1. The zero-order valence-electron chi connectivity index (χ0n) is 5.70. The minimum absolute atomic E-state index is 0.530. The van der Waals surface area contributed by atoms with Crippen LogP contribution in [0.2, 0.25) is 0 Å². The molecule has 0 fully saturated rings. The van der Waals surface area contributed by atoms with Gasteiger partial charge in [0, 0.05) is 9.75 Å². The van der Waals surface area contributed by atoms with Crippen molar-refractivity contribution in [2.75, 3.05) is 0 Å². The van der Waals surface area contributed by atoms with E-state index in [9.17, 15) is 0 Å². The van der Waals surface area contributed by atoms with Crippen LogP contribution in [0.1, 0.15) is 9.75 Å². The second-order valence-electron chi connectivity index (χ2n) is 1.71. The van der Waals surface area contributed by atoms with E-state index < -0.39 is 0 Å². The van der Waals surface area contributed by atoms with E-state index in [0.29, 0.717) is 13.3 Å². The van der Waals surface area contributed by atoms with Crippen molar-refractivity contribution in [3.8, 4) is 0 Å². The zero-order chi connectivity index (χ0) is 7.98. The van der Waals surface area contributed by atoms with Gasteiger partial charge in [0.25, 0.3) is 0 Å². The van der Waals surface area contributed by atoms with E-state index in [4.69, 9.17) is 0 Å². The van der Waals surface area contributed by atoms with Crippen molar-refractivity contribution < 1.29 is 13.3 Å². The molecule has 1 heterocycles. The summed E-state index contributed by atoms with van der Waals surface area (Å²) in [6.45, 7) is 4.25. The second-order valence-corrected chi connectivity index (χ2v) is 19.4. The van der Waals surface area contributed by atoms with Crippen LogP contribution >= 0.6 is 48.6 Å². The van der Waals surface area contributed by atoms with Gasteiger partial charge in [0.15, 0.2) is 0 Å². The van der Waals surface area contributed by atoms with Gasteiger partial charge in [-0.1, -0.05) is 0 Å². The number of aryl methyl sites for hydroxylation is 2. The van der Waals surface area contributed by atoms with Crippen LogP contribution in [0.3, 0.4) is 0 Å². The fourth-order valence-corrected chi connectivity index (χ4v) is 1.34. The molecule has 0 aliphatic rings. The zero-order valence-corrected chi connectivity index (χ0v) is 13.0. The predicted molar refractivity (Wildman–Crippen MR) is 61.8 cm³/mol. The van der Waals surface area contributed by atoms with E-state index in [1.807, 2.05) is 11.3 Å². The molecule has 0 saturated carbocycles. The molecule has 0 N–H and O–H groups in total. The van der Waals surface area contributed by atoms with Crippen LogP contribution in [0, 0.1) is 13.8 Å². The van der Waals surface area contributed by atoms with Crippen LogP contribution in [0.4, 0.5) is 0 Å². The van der Waals surface area contributed by atoms with Crippen LogP contribution < -0.4 is 13.3 Å². The average Bonchev–Trinajstić information content (AvgIpc) is 2.17. The molecule has 60 valence electrons. The predicted octanol–water partition coefficient (Wildman–Crippen LogP) is 1.14. The van der Waals surface area contributed by atoms with Gasteiger partial charge in [-0.15, -0.1) is 11.3 Å². The molecule has 0 nitrogen and oxygen atoms in total.